The highest BCUT2D eigenvalue weighted by molar-refractivity contribution is 5.99. The van der Waals surface area contributed by atoms with Crippen molar-refractivity contribution in [3.8, 4) is 0 Å². The average molecular weight is 253 g/mol. The lowest BCUT2D eigenvalue weighted by Gasteiger charge is -2.23. The van der Waals surface area contributed by atoms with Crippen LogP contribution in [0, 0.1) is 0 Å². The second-order valence-electron chi connectivity index (χ2n) is 4.13. The van der Waals surface area contributed by atoms with Crippen molar-refractivity contribution in [3.63, 3.8) is 0 Å². The third-order valence-electron chi connectivity index (χ3n) is 2.59. The molecule has 0 saturated heterocycles. The molecule has 1 unspecified atom stereocenters. The molecular formula is C12H19N3O3. The van der Waals surface area contributed by atoms with E-state index in [9.17, 15) is 9.90 Å². The van der Waals surface area contributed by atoms with Crippen molar-refractivity contribution in [1.82, 2.24) is 0 Å². The predicted molar refractivity (Wildman–Crippen MR) is 70.5 cm³/mol. The Morgan fingerprint density at radius 3 is 2.78 bits per heavy atom. The first kappa shape index (κ1) is 14.3. The number of hydrogen-bond donors (Lipinski definition) is 3. The number of primary amides is 1. The highest BCUT2D eigenvalue weighted by Crippen LogP contribution is 2.20. The number of nitrogens with zero attached hydrogens (tertiary/aromatic N) is 1. The van der Waals surface area contributed by atoms with Crippen LogP contribution in [0.2, 0.25) is 0 Å². The van der Waals surface area contributed by atoms with Gasteiger partial charge in [-0.25, -0.2) is 0 Å². The SMILES string of the molecule is COCC(O)CN(C)c1ccc(N)c(C(N)=O)c1. The van der Waals surface area contributed by atoms with Crippen LogP contribution in [-0.4, -0.2) is 44.4 Å². The highest BCUT2D eigenvalue weighted by Gasteiger charge is 2.12. The van der Waals surface area contributed by atoms with Gasteiger partial charge >= 0.3 is 0 Å². The van der Waals surface area contributed by atoms with E-state index in [0.717, 1.165) is 5.69 Å². The summed E-state index contributed by atoms with van der Waals surface area (Å²) in [5, 5.41) is 9.63. The van der Waals surface area contributed by atoms with Crippen molar-refractivity contribution in [2.24, 2.45) is 5.73 Å². The first-order valence-corrected chi connectivity index (χ1v) is 5.53. The van der Waals surface area contributed by atoms with Crippen LogP contribution in [0.1, 0.15) is 10.4 Å². The zero-order valence-corrected chi connectivity index (χ0v) is 10.6. The van der Waals surface area contributed by atoms with Crippen molar-refractivity contribution in [2.75, 3.05) is 37.9 Å². The van der Waals surface area contributed by atoms with Gasteiger partial charge in [-0.2, -0.15) is 0 Å². The number of ether oxygens (including phenoxy) is 1. The van der Waals surface area contributed by atoms with Crippen molar-refractivity contribution in [2.45, 2.75) is 6.10 Å². The molecule has 0 radical (unpaired) electrons. The smallest absolute Gasteiger partial charge is 0.250 e. The molecule has 0 aliphatic heterocycles. The largest absolute Gasteiger partial charge is 0.398 e. The highest BCUT2D eigenvalue weighted by atomic mass is 16.5. The molecule has 18 heavy (non-hydrogen) atoms. The number of nitrogens with two attached hydrogens (primary N) is 2. The van der Waals surface area contributed by atoms with Gasteiger partial charge in [0.15, 0.2) is 0 Å². The Balaban J connectivity index is 2.83. The molecule has 1 amide bonds. The number of nitrogen functional groups attached to an aromatic ring is 1. The molecule has 1 rings (SSSR count). The average Bonchev–Trinajstić information content (AvgIpc) is 2.29. The Bertz CT molecular complexity index is 423. The van der Waals surface area contributed by atoms with Crippen LogP contribution < -0.4 is 16.4 Å². The maximum atomic E-state index is 11.2. The van der Waals surface area contributed by atoms with E-state index in [-0.39, 0.29) is 12.2 Å². The summed E-state index contributed by atoms with van der Waals surface area (Å²) in [6, 6.07) is 4.99. The van der Waals surface area contributed by atoms with Crippen LogP contribution in [0.4, 0.5) is 11.4 Å². The molecule has 6 nitrogen and oxygen atoms in total. The maximum absolute atomic E-state index is 11.2. The van der Waals surface area contributed by atoms with E-state index in [1.165, 1.54) is 7.11 Å². The fourth-order valence-electron chi connectivity index (χ4n) is 1.66. The van der Waals surface area contributed by atoms with E-state index < -0.39 is 12.0 Å². The van der Waals surface area contributed by atoms with Gasteiger partial charge in [0.25, 0.3) is 5.91 Å². The van der Waals surface area contributed by atoms with Gasteiger partial charge in [-0.05, 0) is 18.2 Å². The Morgan fingerprint density at radius 2 is 2.22 bits per heavy atom. The second-order valence-corrected chi connectivity index (χ2v) is 4.13. The molecule has 0 heterocycles. The number of methoxy groups -OCH3 is 1. The molecule has 0 fully saturated rings. The molecule has 0 aromatic heterocycles. The van der Waals surface area contributed by atoms with Crippen molar-refractivity contribution < 1.29 is 14.6 Å². The topological polar surface area (TPSA) is 102 Å². The number of carbonyl (C=O) groups excluding carboxylic acids is 1. The van der Waals surface area contributed by atoms with E-state index in [2.05, 4.69) is 0 Å². The van der Waals surface area contributed by atoms with E-state index in [1.54, 1.807) is 30.1 Å². The first-order valence-electron chi connectivity index (χ1n) is 5.53. The molecule has 5 N–H and O–H groups in total. The summed E-state index contributed by atoms with van der Waals surface area (Å²) in [6.45, 7) is 0.637. The van der Waals surface area contributed by atoms with Gasteiger partial charge in [-0.15, -0.1) is 0 Å². The zero-order chi connectivity index (χ0) is 13.7. The van der Waals surface area contributed by atoms with Gasteiger partial charge in [0.1, 0.15) is 0 Å². The van der Waals surface area contributed by atoms with Gasteiger partial charge in [0.05, 0.1) is 18.3 Å². The molecule has 0 aliphatic carbocycles. The Kier molecular flexibility index (Phi) is 4.94. The van der Waals surface area contributed by atoms with Gasteiger partial charge in [-0.1, -0.05) is 0 Å². The third kappa shape index (κ3) is 3.61. The Hall–Kier alpha value is -1.79. The number of benzene rings is 1. The zero-order valence-electron chi connectivity index (χ0n) is 10.6. The van der Waals surface area contributed by atoms with E-state index in [1.807, 2.05) is 0 Å². The minimum Gasteiger partial charge on any atom is -0.398 e. The molecule has 100 valence electrons. The lowest BCUT2D eigenvalue weighted by Crippen LogP contribution is -2.32. The molecule has 0 saturated carbocycles. The van der Waals surface area contributed by atoms with E-state index in [0.29, 0.717) is 12.2 Å². The summed E-state index contributed by atoms with van der Waals surface area (Å²) in [5.74, 6) is -0.569. The number of aliphatic hydroxyl groups is 1. The van der Waals surface area contributed by atoms with Crippen LogP contribution in [0.25, 0.3) is 0 Å². The van der Waals surface area contributed by atoms with Crippen LogP contribution in [0.15, 0.2) is 18.2 Å². The minimum atomic E-state index is -0.602. The van der Waals surface area contributed by atoms with Crippen LogP contribution >= 0.6 is 0 Å². The van der Waals surface area contributed by atoms with Crippen molar-refractivity contribution in [1.29, 1.82) is 0 Å². The van der Waals surface area contributed by atoms with Gasteiger partial charge in [0.2, 0.25) is 0 Å². The number of amides is 1. The van der Waals surface area contributed by atoms with Crippen molar-refractivity contribution in [3.05, 3.63) is 23.8 Å². The monoisotopic (exact) mass is 253 g/mol. The summed E-state index contributed by atoms with van der Waals surface area (Å²) < 4.78 is 4.85. The van der Waals surface area contributed by atoms with Gasteiger partial charge < -0.3 is 26.2 Å². The summed E-state index contributed by atoms with van der Waals surface area (Å²) in [6.07, 6.45) is -0.602. The fraction of sp³-hybridized carbons (Fsp3) is 0.417. The van der Waals surface area contributed by atoms with Crippen LogP contribution in [-0.2, 0) is 4.74 Å². The molecule has 0 aliphatic rings. The molecule has 1 aromatic rings. The molecule has 0 spiro atoms. The van der Waals surface area contributed by atoms with E-state index >= 15 is 0 Å². The molecule has 1 aromatic carbocycles. The lowest BCUT2D eigenvalue weighted by atomic mass is 10.1. The first-order chi connectivity index (χ1) is 8.45. The van der Waals surface area contributed by atoms with Gasteiger partial charge in [0, 0.05) is 32.1 Å². The lowest BCUT2D eigenvalue weighted by molar-refractivity contribution is 0.0695. The Labute approximate surface area is 106 Å². The molecule has 0 bridgehead atoms. The summed E-state index contributed by atoms with van der Waals surface area (Å²) in [7, 11) is 3.33. The number of likely N-dealkylation sites (N-methyl/N-ethyl adjacent to an activating group) is 1. The number of rotatable bonds is 6. The van der Waals surface area contributed by atoms with Crippen molar-refractivity contribution >= 4 is 17.3 Å². The summed E-state index contributed by atoms with van der Waals surface area (Å²) >= 11 is 0. The summed E-state index contributed by atoms with van der Waals surface area (Å²) in [5.41, 5.74) is 12.3. The number of aliphatic hydroxyl groups excluding tert-OH is 1. The molecule has 1 atom stereocenters. The number of anilines is 2. The number of hydrogen-bond acceptors (Lipinski definition) is 5. The quantitative estimate of drug-likeness (QED) is 0.610. The third-order valence-corrected chi connectivity index (χ3v) is 2.59. The van der Waals surface area contributed by atoms with Gasteiger partial charge in [-0.3, -0.25) is 4.79 Å². The van der Waals surface area contributed by atoms with Crippen LogP contribution in [0.3, 0.4) is 0 Å². The van der Waals surface area contributed by atoms with Crippen LogP contribution in [0.5, 0.6) is 0 Å². The maximum Gasteiger partial charge on any atom is 0.250 e. The Morgan fingerprint density at radius 1 is 1.56 bits per heavy atom. The molecule has 6 heteroatoms. The normalized spacial score (nSPS) is 12.2. The van der Waals surface area contributed by atoms with E-state index in [4.69, 9.17) is 16.2 Å². The standard InChI is InChI=1S/C12H19N3O3/c1-15(6-9(16)7-18-2)8-3-4-11(13)10(5-8)12(14)17/h3-5,9,16H,6-7,13H2,1-2H3,(H2,14,17). The minimum absolute atomic E-state index is 0.252. The summed E-state index contributed by atoms with van der Waals surface area (Å²) in [4.78, 5) is 13.0. The fourth-order valence-corrected chi connectivity index (χ4v) is 1.66. The molecular weight excluding hydrogens is 234 g/mol. The predicted octanol–water partition coefficient (Wildman–Crippen LogP) is -0.189. The number of carbonyl (C=O) groups is 1. The second kappa shape index (κ2) is 6.23.